The molecule has 7 nitrogen and oxygen atoms in total. The van der Waals surface area contributed by atoms with Gasteiger partial charge >= 0.3 is 5.69 Å². The maximum atomic E-state index is 11.2. The SMILES string of the molecule is Cc1cnc(N2CCN(C3CCNC3)CC2)c([N+](=O)[O-])c1. The third kappa shape index (κ3) is 2.98. The van der Waals surface area contributed by atoms with Crippen LogP contribution in [0.3, 0.4) is 0 Å². The van der Waals surface area contributed by atoms with Crippen LogP contribution in [0.5, 0.6) is 0 Å². The summed E-state index contributed by atoms with van der Waals surface area (Å²) in [5, 5.41) is 14.6. The summed E-state index contributed by atoms with van der Waals surface area (Å²) in [4.78, 5) is 19.7. The van der Waals surface area contributed by atoms with Gasteiger partial charge in [-0.05, 0) is 25.5 Å². The molecule has 0 spiro atoms. The lowest BCUT2D eigenvalue weighted by Gasteiger charge is -2.38. The molecule has 0 bridgehead atoms. The molecule has 1 aromatic rings. The first kappa shape index (κ1) is 14.2. The van der Waals surface area contributed by atoms with Crippen LogP contribution >= 0.6 is 0 Å². The molecule has 0 aliphatic carbocycles. The van der Waals surface area contributed by atoms with Crippen LogP contribution < -0.4 is 10.2 Å². The van der Waals surface area contributed by atoms with Gasteiger partial charge in [-0.3, -0.25) is 15.0 Å². The average molecular weight is 291 g/mol. The number of hydrogen-bond donors (Lipinski definition) is 1. The van der Waals surface area contributed by atoms with Crippen molar-refractivity contribution in [3.8, 4) is 0 Å². The van der Waals surface area contributed by atoms with Crippen LogP contribution in [0.15, 0.2) is 12.3 Å². The van der Waals surface area contributed by atoms with E-state index in [2.05, 4.69) is 15.2 Å². The molecule has 2 aliphatic rings. The highest BCUT2D eigenvalue weighted by molar-refractivity contribution is 5.58. The first-order valence-electron chi connectivity index (χ1n) is 7.46. The molecular weight excluding hydrogens is 270 g/mol. The van der Waals surface area contributed by atoms with Crippen molar-refractivity contribution in [2.45, 2.75) is 19.4 Å². The van der Waals surface area contributed by atoms with Crippen molar-refractivity contribution < 1.29 is 4.92 Å². The number of piperazine rings is 1. The minimum Gasteiger partial charge on any atom is -0.348 e. The minimum atomic E-state index is -0.331. The summed E-state index contributed by atoms with van der Waals surface area (Å²) in [6.45, 7) is 7.46. The molecule has 0 saturated carbocycles. The van der Waals surface area contributed by atoms with E-state index in [-0.39, 0.29) is 10.6 Å². The standard InChI is InChI=1S/C14H21N5O2/c1-11-8-13(19(20)21)14(16-9-11)18-6-4-17(5-7-18)12-2-3-15-10-12/h8-9,12,15H,2-7,10H2,1H3. The van der Waals surface area contributed by atoms with Gasteiger partial charge in [-0.2, -0.15) is 0 Å². The summed E-state index contributed by atoms with van der Waals surface area (Å²) in [5.41, 5.74) is 0.937. The fourth-order valence-electron chi connectivity index (χ4n) is 3.17. The van der Waals surface area contributed by atoms with Crippen molar-refractivity contribution in [3.63, 3.8) is 0 Å². The Morgan fingerprint density at radius 1 is 1.38 bits per heavy atom. The topological polar surface area (TPSA) is 74.5 Å². The van der Waals surface area contributed by atoms with Gasteiger partial charge < -0.3 is 10.2 Å². The highest BCUT2D eigenvalue weighted by Crippen LogP contribution is 2.27. The zero-order valence-corrected chi connectivity index (χ0v) is 12.3. The number of aromatic nitrogens is 1. The predicted molar refractivity (Wildman–Crippen MR) is 80.7 cm³/mol. The van der Waals surface area contributed by atoms with Crippen molar-refractivity contribution in [3.05, 3.63) is 27.9 Å². The second-order valence-corrected chi connectivity index (χ2v) is 5.78. The molecule has 114 valence electrons. The van der Waals surface area contributed by atoms with Crippen LogP contribution in [0, 0.1) is 17.0 Å². The Morgan fingerprint density at radius 2 is 2.14 bits per heavy atom. The van der Waals surface area contributed by atoms with Crippen LogP contribution in [0.1, 0.15) is 12.0 Å². The number of aryl methyl sites for hydroxylation is 1. The van der Waals surface area contributed by atoms with E-state index in [0.29, 0.717) is 11.9 Å². The Labute approximate surface area is 124 Å². The van der Waals surface area contributed by atoms with Crippen LogP contribution in [0.25, 0.3) is 0 Å². The van der Waals surface area contributed by atoms with Crippen molar-refractivity contribution in [2.75, 3.05) is 44.2 Å². The van der Waals surface area contributed by atoms with Gasteiger partial charge in [0, 0.05) is 51.0 Å². The zero-order chi connectivity index (χ0) is 14.8. The van der Waals surface area contributed by atoms with Crippen molar-refractivity contribution in [1.29, 1.82) is 0 Å². The summed E-state index contributed by atoms with van der Waals surface area (Å²) < 4.78 is 0. The van der Waals surface area contributed by atoms with Crippen LogP contribution in [-0.2, 0) is 0 Å². The Bertz CT molecular complexity index is 522. The second kappa shape index (κ2) is 5.95. The molecule has 0 aromatic carbocycles. The van der Waals surface area contributed by atoms with Crippen molar-refractivity contribution >= 4 is 11.5 Å². The third-order valence-electron chi connectivity index (χ3n) is 4.35. The number of hydrogen-bond acceptors (Lipinski definition) is 6. The first-order chi connectivity index (χ1) is 10.1. The molecule has 0 amide bonds. The van der Waals surface area contributed by atoms with Gasteiger partial charge in [-0.1, -0.05) is 0 Å². The smallest absolute Gasteiger partial charge is 0.311 e. The first-order valence-corrected chi connectivity index (χ1v) is 7.46. The van der Waals surface area contributed by atoms with E-state index in [1.165, 1.54) is 6.42 Å². The van der Waals surface area contributed by atoms with Gasteiger partial charge in [0.15, 0.2) is 0 Å². The average Bonchev–Trinajstić information content (AvgIpc) is 3.01. The number of nitro groups is 1. The van der Waals surface area contributed by atoms with Gasteiger partial charge in [0.2, 0.25) is 5.82 Å². The van der Waals surface area contributed by atoms with Crippen molar-refractivity contribution in [1.82, 2.24) is 15.2 Å². The quantitative estimate of drug-likeness (QED) is 0.655. The predicted octanol–water partition coefficient (Wildman–Crippen LogP) is 0.782. The molecular formula is C14H21N5O2. The highest BCUT2D eigenvalue weighted by atomic mass is 16.6. The lowest BCUT2D eigenvalue weighted by atomic mass is 10.2. The van der Waals surface area contributed by atoms with E-state index < -0.39 is 0 Å². The fraction of sp³-hybridized carbons (Fsp3) is 0.643. The van der Waals surface area contributed by atoms with Crippen LogP contribution in [-0.4, -0.2) is 60.1 Å². The second-order valence-electron chi connectivity index (χ2n) is 5.78. The van der Waals surface area contributed by atoms with Gasteiger partial charge in [0.05, 0.1) is 4.92 Å². The Kier molecular flexibility index (Phi) is 4.03. The summed E-state index contributed by atoms with van der Waals surface area (Å²) in [6, 6.07) is 2.23. The maximum Gasteiger partial charge on any atom is 0.311 e. The van der Waals surface area contributed by atoms with Gasteiger partial charge in [0.25, 0.3) is 0 Å². The number of nitrogens with one attached hydrogen (secondary N) is 1. The highest BCUT2D eigenvalue weighted by Gasteiger charge is 2.29. The molecule has 0 radical (unpaired) electrons. The largest absolute Gasteiger partial charge is 0.348 e. The van der Waals surface area contributed by atoms with Gasteiger partial charge in [-0.15, -0.1) is 0 Å². The Hall–Kier alpha value is -1.73. The van der Waals surface area contributed by atoms with E-state index in [1.54, 1.807) is 12.3 Å². The number of rotatable bonds is 3. The van der Waals surface area contributed by atoms with Crippen molar-refractivity contribution in [2.24, 2.45) is 0 Å². The van der Waals surface area contributed by atoms with E-state index in [1.807, 2.05) is 11.8 Å². The van der Waals surface area contributed by atoms with E-state index in [4.69, 9.17) is 0 Å². The molecule has 2 fully saturated rings. The lowest BCUT2D eigenvalue weighted by Crippen LogP contribution is -2.51. The third-order valence-corrected chi connectivity index (χ3v) is 4.35. The summed E-state index contributed by atoms with van der Waals surface area (Å²) in [7, 11) is 0. The fourth-order valence-corrected chi connectivity index (χ4v) is 3.17. The monoisotopic (exact) mass is 291 g/mol. The zero-order valence-electron chi connectivity index (χ0n) is 12.3. The molecule has 3 rings (SSSR count). The van der Waals surface area contributed by atoms with E-state index in [9.17, 15) is 10.1 Å². The molecule has 2 aliphatic heterocycles. The normalized spacial score (nSPS) is 23.5. The van der Waals surface area contributed by atoms with Crippen LogP contribution in [0.2, 0.25) is 0 Å². The molecule has 21 heavy (non-hydrogen) atoms. The number of anilines is 1. The minimum absolute atomic E-state index is 0.117. The molecule has 1 N–H and O–H groups in total. The molecule has 3 heterocycles. The molecule has 7 heteroatoms. The lowest BCUT2D eigenvalue weighted by molar-refractivity contribution is -0.384. The summed E-state index contributed by atoms with van der Waals surface area (Å²) in [5.74, 6) is 0.509. The van der Waals surface area contributed by atoms with E-state index in [0.717, 1.165) is 44.8 Å². The Balaban J connectivity index is 1.70. The molecule has 1 atom stereocenters. The van der Waals surface area contributed by atoms with Crippen LogP contribution in [0.4, 0.5) is 11.5 Å². The molecule has 1 aromatic heterocycles. The van der Waals surface area contributed by atoms with E-state index >= 15 is 0 Å². The number of nitrogens with zero attached hydrogens (tertiary/aromatic N) is 4. The van der Waals surface area contributed by atoms with Gasteiger partial charge in [0.1, 0.15) is 0 Å². The number of pyridine rings is 1. The maximum absolute atomic E-state index is 11.2. The summed E-state index contributed by atoms with van der Waals surface area (Å²) in [6.07, 6.45) is 2.90. The van der Waals surface area contributed by atoms with Gasteiger partial charge in [-0.25, -0.2) is 4.98 Å². The summed E-state index contributed by atoms with van der Waals surface area (Å²) >= 11 is 0. The molecule has 2 saturated heterocycles. The molecule has 1 unspecified atom stereocenters. The Morgan fingerprint density at radius 3 is 2.76 bits per heavy atom.